The molecule has 0 fully saturated rings. The Morgan fingerprint density at radius 2 is 1.94 bits per heavy atom. The lowest BCUT2D eigenvalue weighted by atomic mass is 10.1. The van der Waals surface area contributed by atoms with Gasteiger partial charge < -0.3 is 15.2 Å². The van der Waals surface area contributed by atoms with Crippen molar-refractivity contribution < 1.29 is 23.5 Å². The number of nitrogens with zero attached hydrogens (tertiary/aromatic N) is 1. The van der Waals surface area contributed by atoms with Gasteiger partial charge in [-0.15, -0.1) is 0 Å². The van der Waals surface area contributed by atoms with Crippen LogP contribution in [0.25, 0.3) is 6.08 Å². The van der Waals surface area contributed by atoms with E-state index in [0.717, 1.165) is 5.56 Å². The first-order chi connectivity index (χ1) is 16.2. The summed E-state index contributed by atoms with van der Waals surface area (Å²) in [4.78, 5) is 25.7. The molecule has 2 aromatic carbocycles. The Morgan fingerprint density at radius 3 is 2.59 bits per heavy atom. The van der Waals surface area contributed by atoms with E-state index >= 15 is 0 Å². The largest absolute Gasteiger partial charge is 0.495 e. The third-order valence-corrected chi connectivity index (χ3v) is 5.46. The summed E-state index contributed by atoms with van der Waals surface area (Å²) in [5.41, 5.74) is 8.07. The van der Waals surface area contributed by atoms with Crippen molar-refractivity contribution in [3.8, 4) is 5.75 Å². The van der Waals surface area contributed by atoms with Gasteiger partial charge in [0.05, 0.1) is 18.7 Å². The van der Waals surface area contributed by atoms with Crippen LogP contribution < -0.4 is 10.5 Å². The minimum absolute atomic E-state index is 0.0250. The molecular weight excluding hydrogens is 459 g/mol. The summed E-state index contributed by atoms with van der Waals surface area (Å²) in [6.45, 7) is 5.65. The van der Waals surface area contributed by atoms with Gasteiger partial charge in [0.1, 0.15) is 11.6 Å². The molecule has 0 saturated heterocycles. The van der Waals surface area contributed by atoms with Gasteiger partial charge >= 0.3 is 5.97 Å². The van der Waals surface area contributed by atoms with Crippen LogP contribution in [0, 0.1) is 11.7 Å². The molecule has 8 heteroatoms. The van der Waals surface area contributed by atoms with Crippen LogP contribution in [0.3, 0.4) is 0 Å². The maximum atomic E-state index is 13.3. The van der Waals surface area contributed by atoms with E-state index in [1.807, 2.05) is 6.92 Å². The Kier molecular flexibility index (Phi) is 11.0. The minimum Gasteiger partial charge on any atom is -0.495 e. The SMILES string of the molecule is COc1cc(/C=C/C(=O)CCCN(Cc2ccc(F)cc2)C[C@H](C)COC(C)=O)c(N)cc1Cl. The van der Waals surface area contributed by atoms with Crippen molar-refractivity contribution in [2.75, 3.05) is 32.5 Å². The highest BCUT2D eigenvalue weighted by molar-refractivity contribution is 6.32. The van der Waals surface area contributed by atoms with Gasteiger partial charge in [-0.3, -0.25) is 14.5 Å². The predicted molar refractivity (Wildman–Crippen MR) is 133 cm³/mol. The normalized spacial score (nSPS) is 12.2. The number of nitrogens with two attached hydrogens (primary N) is 1. The Hall–Kier alpha value is -2.90. The van der Waals surface area contributed by atoms with Gasteiger partial charge in [-0.1, -0.05) is 30.7 Å². The summed E-state index contributed by atoms with van der Waals surface area (Å²) >= 11 is 6.06. The molecule has 34 heavy (non-hydrogen) atoms. The molecule has 0 aromatic heterocycles. The third kappa shape index (κ3) is 9.53. The standard InChI is InChI=1S/C26H32ClFN2O4/c1-18(17-34-19(2)31)15-30(16-20-6-9-22(28)10-7-20)12-4-5-23(32)11-8-21-13-26(33-3)24(27)14-25(21)29/h6-11,13-14,18H,4-5,12,15-17,29H2,1-3H3/b11-8+/t18-/m0/s1. The van der Waals surface area contributed by atoms with Crippen LogP contribution in [-0.4, -0.2) is 43.5 Å². The second-order valence-corrected chi connectivity index (χ2v) is 8.70. The molecule has 0 bridgehead atoms. The number of allylic oxidation sites excluding steroid dienone is 1. The molecule has 0 spiro atoms. The fraction of sp³-hybridized carbons (Fsp3) is 0.385. The Bertz CT molecular complexity index is 995. The quantitative estimate of drug-likeness (QED) is 0.238. The van der Waals surface area contributed by atoms with Crippen molar-refractivity contribution in [1.82, 2.24) is 4.90 Å². The number of nitrogen functional groups attached to an aromatic ring is 1. The zero-order valence-electron chi connectivity index (χ0n) is 19.9. The van der Waals surface area contributed by atoms with Gasteiger partial charge in [0.15, 0.2) is 5.78 Å². The summed E-state index contributed by atoms with van der Waals surface area (Å²) in [5.74, 6) is -0.0174. The van der Waals surface area contributed by atoms with Crippen LogP contribution in [0.4, 0.5) is 10.1 Å². The van der Waals surface area contributed by atoms with E-state index in [0.29, 0.717) is 61.1 Å². The fourth-order valence-corrected chi connectivity index (χ4v) is 3.71. The highest BCUT2D eigenvalue weighted by Gasteiger charge is 2.13. The van der Waals surface area contributed by atoms with Crippen molar-refractivity contribution >= 4 is 35.1 Å². The number of anilines is 1. The number of carbonyl (C=O) groups is 2. The lowest BCUT2D eigenvalue weighted by Crippen LogP contribution is -2.31. The molecule has 0 radical (unpaired) electrons. The van der Waals surface area contributed by atoms with E-state index in [1.54, 1.807) is 30.3 Å². The van der Waals surface area contributed by atoms with Crippen LogP contribution in [0.15, 0.2) is 42.5 Å². The first kappa shape index (κ1) is 27.3. The number of rotatable bonds is 13. The highest BCUT2D eigenvalue weighted by Crippen LogP contribution is 2.30. The maximum Gasteiger partial charge on any atom is 0.302 e. The van der Waals surface area contributed by atoms with Crippen LogP contribution >= 0.6 is 11.6 Å². The molecule has 1 atom stereocenters. The zero-order chi connectivity index (χ0) is 25.1. The zero-order valence-corrected chi connectivity index (χ0v) is 20.6. The van der Waals surface area contributed by atoms with Crippen LogP contribution in [0.2, 0.25) is 5.02 Å². The lowest BCUT2D eigenvalue weighted by Gasteiger charge is -2.25. The van der Waals surface area contributed by atoms with Gasteiger partial charge in [0, 0.05) is 43.6 Å². The molecule has 0 saturated carbocycles. The van der Waals surface area contributed by atoms with Gasteiger partial charge in [0.25, 0.3) is 0 Å². The minimum atomic E-state index is -0.312. The number of halogens is 2. The molecule has 0 amide bonds. The number of ether oxygens (including phenoxy) is 2. The Morgan fingerprint density at radius 1 is 1.24 bits per heavy atom. The Balaban J connectivity index is 1.94. The average molecular weight is 491 g/mol. The number of hydrogen-bond acceptors (Lipinski definition) is 6. The number of carbonyl (C=O) groups excluding carboxylic acids is 2. The van der Waals surface area contributed by atoms with E-state index in [-0.39, 0.29) is 23.5 Å². The molecule has 0 aliphatic carbocycles. The molecule has 184 valence electrons. The van der Waals surface area contributed by atoms with Crippen LogP contribution in [-0.2, 0) is 20.9 Å². The van der Waals surface area contributed by atoms with E-state index in [2.05, 4.69) is 4.90 Å². The van der Waals surface area contributed by atoms with E-state index in [4.69, 9.17) is 26.8 Å². The smallest absolute Gasteiger partial charge is 0.302 e. The number of esters is 1. The second kappa shape index (κ2) is 13.7. The average Bonchev–Trinajstić information content (AvgIpc) is 2.78. The summed E-state index contributed by atoms with van der Waals surface area (Å²) in [6.07, 6.45) is 4.17. The first-order valence-corrected chi connectivity index (χ1v) is 11.5. The first-order valence-electron chi connectivity index (χ1n) is 11.1. The summed E-state index contributed by atoms with van der Waals surface area (Å²) in [7, 11) is 1.51. The Labute approximate surface area is 205 Å². The molecule has 0 heterocycles. The van der Waals surface area contributed by atoms with E-state index in [1.165, 1.54) is 32.2 Å². The van der Waals surface area contributed by atoms with Gasteiger partial charge in [-0.2, -0.15) is 0 Å². The molecular formula is C26H32ClFN2O4. The molecule has 2 rings (SSSR count). The molecule has 0 aliphatic rings. The summed E-state index contributed by atoms with van der Waals surface area (Å²) < 4.78 is 23.6. The van der Waals surface area contributed by atoms with Crippen LogP contribution in [0.1, 0.15) is 37.8 Å². The maximum absolute atomic E-state index is 13.3. The van der Waals surface area contributed by atoms with Gasteiger partial charge in [-0.25, -0.2) is 4.39 Å². The van der Waals surface area contributed by atoms with Crippen molar-refractivity contribution in [2.45, 2.75) is 33.2 Å². The summed E-state index contributed by atoms with van der Waals surface area (Å²) in [5, 5.41) is 0.410. The van der Waals surface area contributed by atoms with Crippen molar-refractivity contribution in [2.24, 2.45) is 5.92 Å². The highest BCUT2D eigenvalue weighted by atomic mass is 35.5. The number of hydrogen-bond donors (Lipinski definition) is 1. The predicted octanol–water partition coefficient (Wildman–Crippen LogP) is 5.13. The van der Waals surface area contributed by atoms with E-state index < -0.39 is 0 Å². The third-order valence-electron chi connectivity index (χ3n) is 5.16. The fourth-order valence-electron chi connectivity index (χ4n) is 3.46. The number of benzene rings is 2. The second-order valence-electron chi connectivity index (χ2n) is 8.29. The molecule has 0 unspecified atom stereocenters. The number of ketones is 1. The topological polar surface area (TPSA) is 81.9 Å². The molecule has 6 nitrogen and oxygen atoms in total. The van der Waals surface area contributed by atoms with Crippen molar-refractivity contribution in [3.05, 3.63) is 64.4 Å². The number of methoxy groups -OCH3 is 1. The molecule has 2 aromatic rings. The van der Waals surface area contributed by atoms with Gasteiger partial charge in [-0.05, 0) is 54.9 Å². The van der Waals surface area contributed by atoms with Crippen molar-refractivity contribution in [1.29, 1.82) is 0 Å². The molecule has 0 aliphatic heterocycles. The summed E-state index contributed by atoms with van der Waals surface area (Å²) in [6, 6.07) is 9.64. The van der Waals surface area contributed by atoms with Crippen molar-refractivity contribution in [3.63, 3.8) is 0 Å². The van der Waals surface area contributed by atoms with E-state index in [9.17, 15) is 14.0 Å². The monoisotopic (exact) mass is 490 g/mol. The lowest BCUT2D eigenvalue weighted by molar-refractivity contribution is -0.142. The van der Waals surface area contributed by atoms with Gasteiger partial charge in [0.2, 0.25) is 0 Å². The molecule has 2 N–H and O–H groups in total. The van der Waals surface area contributed by atoms with Crippen LogP contribution in [0.5, 0.6) is 5.75 Å².